The Balaban J connectivity index is 2.82. The first kappa shape index (κ1) is 12.7. The molecule has 0 spiro atoms. The first-order chi connectivity index (χ1) is 8.10. The molecule has 0 heterocycles. The van der Waals surface area contributed by atoms with Crippen LogP contribution in [0.15, 0.2) is 24.3 Å². The zero-order valence-corrected chi connectivity index (χ0v) is 9.64. The lowest BCUT2D eigenvalue weighted by molar-refractivity contribution is -0.153. The molecule has 1 aromatic rings. The average Bonchev–Trinajstić information content (AvgIpc) is 2.37. The van der Waals surface area contributed by atoms with Crippen LogP contribution in [0.4, 0.5) is 5.69 Å². The lowest BCUT2D eigenvalue weighted by Gasteiger charge is -2.15. The number of carbonyl (C=O) groups excluding carboxylic acids is 2. The molecule has 0 radical (unpaired) electrons. The number of hydrogen-bond donors (Lipinski definition) is 0. The predicted molar refractivity (Wildman–Crippen MR) is 61.2 cm³/mol. The van der Waals surface area contributed by atoms with Crippen molar-refractivity contribution in [2.45, 2.75) is 6.92 Å². The topological polar surface area (TPSA) is 70.4 Å². The van der Waals surface area contributed by atoms with Gasteiger partial charge < -0.3 is 9.64 Å². The molecule has 1 aromatic carbocycles. The normalized spacial score (nSPS) is 9.24. The Kier molecular flexibility index (Phi) is 4.23. The van der Waals surface area contributed by atoms with Gasteiger partial charge in [0.25, 0.3) is 0 Å². The van der Waals surface area contributed by atoms with Gasteiger partial charge in [0, 0.05) is 12.7 Å². The van der Waals surface area contributed by atoms with E-state index < -0.39 is 11.9 Å². The number of amides is 1. The second-order valence-corrected chi connectivity index (χ2v) is 3.24. The highest BCUT2D eigenvalue weighted by molar-refractivity contribution is 6.37. The molecule has 0 N–H and O–H groups in total. The van der Waals surface area contributed by atoms with Gasteiger partial charge in [-0.1, -0.05) is 0 Å². The fourth-order valence-electron chi connectivity index (χ4n) is 1.21. The van der Waals surface area contributed by atoms with E-state index in [9.17, 15) is 9.59 Å². The summed E-state index contributed by atoms with van der Waals surface area (Å²) in [4.78, 5) is 24.0. The minimum absolute atomic E-state index is 0.159. The monoisotopic (exact) mass is 232 g/mol. The number of rotatable bonds is 2. The van der Waals surface area contributed by atoms with E-state index in [0.29, 0.717) is 11.3 Å². The number of likely N-dealkylation sites (N-methyl/N-ethyl adjacent to an activating group) is 1. The minimum Gasteiger partial charge on any atom is -0.459 e. The molecular formula is C12H12N2O3. The second-order valence-electron chi connectivity index (χ2n) is 3.24. The molecule has 0 fully saturated rings. The third-order valence-corrected chi connectivity index (χ3v) is 2.14. The summed E-state index contributed by atoms with van der Waals surface area (Å²) in [6, 6.07) is 8.30. The second kappa shape index (κ2) is 5.66. The van der Waals surface area contributed by atoms with Crippen molar-refractivity contribution in [3.8, 4) is 6.07 Å². The molecule has 0 bridgehead atoms. The Hall–Kier alpha value is -2.35. The molecule has 5 nitrogen and oxygen atoms in total. The van der Waals surface area contributed by atoms with Gasteiger partial charge in [-0.15, -0.1) is 0 Å². The van der Waals surface area contributed by atoms with Gasteiger partial charge in [0.15, 0.2) is 0 Å². The largest absolute Gasteiger partial charge is 0.459 e. The fourth-order valence-corrected chi connectivity index (χ4v) is 1.21. The van der Waals surface area contributed by atoms with Crippen LogP contribution in [0.25, 0.3) is 0 Å². The lowest BCUT2D eigenvalue weighted by atomic mass is 10.2. The molecule has 1 rings (SSSR count). The third-order valence-electron chi connectivity index (χ3n) is 2.14. The van der Waals surface area contributed by atoms with Gasteiger partial charge in [-0.05, 0) is 31.2 Å². The number of nitrogens with zero attached hydrogens (tertiary/aromatic N) is 2. The van der Waals surface area contributed by atoms with Gasteiger partial charge >= 0.3 is 11.9 Å². The minimum atomic E-state index is -0.889. The van der Waals surface area contributed by atoms with E-state index in [0.717, 1.165) is 0 Å². The smallest absolute Gasteiger partial charge is 0.397 e. The first-order valence-corrected chi connectivity index (χ1v) is 5.05. The number of esters is 1. The maximum absolute atomic E-state index is 11.6. The number of carbonyl (C=O) groups is 2. The van der Waals surface area contributed by atoms with Crippen molar-refractivity contribution in [2.75, 3.05) is 18.6 Å². The summed E-state index contributed by atoms with van der Waals surface area (Å²) in [5.74, 6) is -1.63. The zero-order chi connectivity index (χ0) is 12.8. The Morgan fingerprint density at radius 1 is 1.35 bits per heavy atom. The summed E-state index contributed by atoms with van der Waals surface area (Å²) >= 11 is 0. The SMILES string of the molecule is CCOC(=O)C(=O)N(C)c1ccc(C#N)cc1. The Bertz CT molecular complexity index is 460. The molecule has 0 atom stereocenters. The van der Waals surface area contributed by atoms with Crippen molar-refractivity contribution in [1.82, 2.24) is 0 Å². The van der Waals surface area contributed by atoms with E-state index >= 15 is 0 Å². The van der Waals surface area contributed by atoms with Crippen molar-refractivity contribution in [3.63, 3.8) is 0 Å². The van der Waals surface area contributed by atoms with Crippen LogP contribution in [-0.2, 0) is 14.3 Å². The van der Waals surface area contributed by atoms with Gasteiger partial charge in [-0.2, -0.15) is 5.26 Å². The molecule has 0 saturated heterocycles. The van der Waals surface area contributed by atoms with Crippen LogP contribution in [0.1, 0.15) is 12.5 Å². The lowest BCUT2D eigenvalue weighted by Crippen LogP contribution is -2.34. The van der Waals surface area contributed by atoms with Gasteiger partial charge in [0.05, 0.1) is 18.2 Å². The molecule has 17 heavy (non-hydrogen) atoms. The third kappa shape index (κ3) is 3.05. The van der Waals surface area contributed by atoms with E-state index in [2.05, 4.69) is 4.74 Å². The van der Waals surface area contributed by atoms with Crippen LogP contribution in [0, 0.1) is 11.3 Å². The predicted octanol–water partition coefficient (Wildman–Crippen LogP) is 1.08. The summed E-state index contributed by atoms with van der Waals surface area (Å²) < 4.78 is 4.61. The van der Waals surface area contributed by atoms with E-state index in [1.807, 2.05) is 6.07 Å². The molecule has 0 aliphatic rings. The molecule has 0 saturated carbocycles. The highest BCUT2D eigenvalue weighted by atomic mass is 16.5. The molecule has 1 amide bonds. The Morgan fingerprint density at radius 2 is 1.94 bits per heavy atom. The quantitative estimate of drug-likeness (QED) is 0.565. The molecule has 0 unspecified atom stereocenters. The van der Waals surface area contributed by atoms with Crippen LogP contribution in [0.3, 0.4) is 0 Å². The molecular weight excluding hydrogens is 220 g/mol. The number of anilines is 1. The summed E-state index contributed by atoms with van der Waals surface area (Å²) in [6.07, 6.45) is 0. The maximum Gasteiger partial charge on any atom is 0.397 e. The van der Waals surface area contributed by atoms with E-state index in [1.165, 1.54) is 11.9 Å². The van der Waals surface area contributed by atoms with Crippen LogP contribution < -0.4 is 4.90 Å². The molecule has 0 aromatic heterocycles. The number of hydrogen-bond acceptors (Lipinski definition) is 4. The zero-order valence-electron chi connectivity index (χ0n) is 9.64. The van der Waals surface area contributed by atoms with Crippen LogP contribution >= 0.6 is 0 Å². The van der Waals surface area contributed by atoms with Crippen molar-refractivity contribution in [2.24, 2.45) is 0 Å². The summed E-state index contributed by atoms with van der Waals surface area (Å²) in [5.41, 5.74) is 1.02. The average molecular weight is 232 g/mol. The fraction of sp³-hybridized carbons (Fsp3) is 0.250. The molecule has 0 aliphatic heterocycles. The number of ether oxygens (including phenoxy) is 1. The Morgan fingerprint density at radius 3 is 2.41 bits per heavy atom. The van der Waals surface area contributed by atoms with Crippen molar-refractivity contribution in [3.05, 3.63) is 29.8 Å². The van der Waals surface area contributed by atoms with Crippen molar-refractivity contribution >= 4 is 17.6 Å². The van der Waals surface area contributed by atoms with Crippen LogP contribution in [-0.4, -0.2) is 25.5 Å². The maximum atomic E-state index is 11.6. The van der Waals surface area contributed by atoms with Crippen molar-refractivity contribution in [1.29, 1.82) is 5.26 Å². The molecule has 0 aliphatic carbocycles. The number of nitriles is 1. The molecule has 5 heteroatoms. The standard InChI is InChI=1S/C12H12N2O3/c1-3-17-12(16)11(15)14(2)10-6-4-9(8-13)5-7-10/h4-7H,3H2,1-2H3. The van der Waals surface area contributed by atoms with E-state index in [-0.39, 0.29) is 6.61 Å². The van der Waals surface area contributed by atoms with Crippen LogP contribution in [0.2, 0.25) is 0 Å². The van der Waals surface area contributed by atoms with Gasteiger partial charge in [-0.3, -0.25) is 4.79 Å². The van der Waals surface area contributed by atoms with E-state index in [1.54, 1.807) is 31.2 Å². The number of benzene rings is 1. The highest BCUT2D eigenvalue weighted by Crippen LogP contribution is 2.13. The van der Waals surface area contributed by atoms with Crippen molar-refractivity contribution < 1.29 is 14.3 Å². The summed E-state index contributed by atoms with van der Waals surface area (Å²) in [7, 11) is 1.47. The Labute approximate surface area is 99.2 Å². The van der Waals surface area contributed by atoms with Gasteiger partial charge in [-0.25, -0.2) is 4.79 Å². The van der Waals surface area contributed by atoms with E-state index in [4.69, 9.17) is 5.26 Å². The highest BCUT2D eigenvalue weighted by Gasteiger charge is 2.20. The summed E-state index contributed by atoms with van der Waals surface area (Å²) in [6.45, 7) is 1.79. The van der Waals surface area contributed by atoms with Crippen LogP contribution in [0.5, 0.6) is 0 Å². The summed E-state index contributed by atoms with van der Waals surface area (Å²) in [5, 5.41) is 8.63. The molecule has 88 valence electrons. The van der Waals surface area contributed by atoms with Gasteiger partial charge in [0.2, 0.25) is 0 Å². The first-order valence-electron chi connectivity index (χ1n) is 5.05. The van der Waals surface area contributed by atoms with Gasteiger partial charge in [0.1, 0.15) is 0 Å².